The van der Waals surface area contributed by atoms with Crippen LogP contribution in [-0.4, -0.2) is 42.1 Å². The number of nitrogens with one attached hydrogen (secondary N) is 2. The van der Waals surface area contributed by atoms with Gasteiger partial charge in [-0.25, -0.2) is 4.79 Å². The number of rotatable bonds is 8. The Hall–Kier alpha value is -3.19. The summed E-state index contributed by atoms with van der Waals surface area (Å²) in [4.78, 5) is 38.2. The van der Waals surface area contributed by atoms with Gasteiger partial charge in [0.05, 0.1) is 13.2 Å². The number of hydrogen-bond donors (Lipinski definition) is 3. The Labute approximate surface area is 188 Å². The molecule has 0 aromatic heterocycles. The number of carbonyl (C=O) groups excluding carboxylic acids is 3. The van der Waals surface area contributed by atoms with Crippen LogP contribution in [0.2, 0.25) is 0 Å². The Morgan fingerprint density at radius 2 is 1.50 bits per heavy atom. The fraction of sp³-hybridized carbons (Fsp3) is 0.400. The average molecular weight is 439 g/mol. The minimum Gasteiger partial charge on any atom is -0.467 e. The first-order chi connectivity index (χ1) is 15.5. The SMILES string of the molecule is COC(=O)[C@H](NC(=O)[C@H](O)[C@@H](NC(=O)c1ccccc1)c1ccccc1)C1CCCCC1. The molecule has 170 valence electrons. The Balaban J connectivity index is 1.79. The molecule has 0 aliphatic heterocycles. The number of ether oxygens (including phenoxy) is 1. The van der Waals surface area contributed by atoms with Crippen molar-refractivity contribution in [3.63, 3.8) is 0 Å². The van der Waals surface area contributed by atoms with Gasteiger partial charge in [0.2, 0.25) is 0 Å². The minimum atomic E-state index is -1.60. The molecule has 2 amide bonds. The normalized spacial score (nSPS) is 16.9. The molecule has 1 saturated carbocycles. The van der Waals surface area contributed by atoms with Gasteiger partial charge in [0.25, 0.3) is 11.8 Å². The molecule has 1 aliphatic rings. The van der Waals surface area contributed by atoms with E-state index in [0.717, 1.165) is 32.1 Å². The van der Waals surface area contributed by atoms with Crippen LogP contribution in [0.1, 0.15) is 54.1 Å². The quantitative estimate of drug-likeness (QED) is 0.550. The molecule has 3 atom stereocenters. The van der Waals surface area contributed by atoms with Crippen LogP contribution in [0.25, 0.3) is 0 Å². The van der Waals surface area contributed by atoms with Crippen molar-refractivity contribution in [3.8, 4) is 0 Å². The lowest BCUT2D eigenvalue weighted by atomic mass is 9.83. The summed E-state index contributed by atoms with van der Waals surface area (Å²) in [6.07, 6.45) is 3.09. The van der Waals surface area contributed by atoms with E-state index in [1.807, 2.05) is 6.07 Å². The van der Waals surface area contributed by atoms with Gasteiger partial charge in [-0.05, 0) is 36.5 Å². The summed E-state index contributed by atoms with van der Waals surface area (Å²) < 4.78 is 4.91. The monoisotopic (exact) mass is 438 g/mol. The maximum absolute atomic E-state index is 13.0. The lowest BCUT2D eigenvalue weighted by Gasteiger charge is -2.31. The van der Waals surface area contributed by atoms with Crippen molar-refractivity contribution in [3.05, 3.63) is 71.8 Å². The Morgan fingerprint density at radius 3 is 2.09 bits per heavy atom. The number of aliphatic hydroxyl groups excluding tert-OH is 1. The molecular weight excluding hydrogens is 408 g/mol. The molecule has 0 saturated heterocycles. The fourth-order valence-electron chi connectivity index (χ4n) is 4.17. The smallest absolute Gasteiger partial charge is 0.328 e. The van der Waals surface area contributed by atoms with E-state index in [9.17, 15) is 19.5 Å². The van der Waals surface area contributed by atoms with Gasteiger partial charge in [-0.3, -0.25) is 9.59 Å². The maximum atomic E-state index is 13.0. The molecule has 1 aliphatic carbocycles. The van der Waals surface area contributed by atoms with Crippen molar-refractivity contribution in [2.24, 2.45) is 5.92 Å². The van der Waals surface area contributed by atoms with E-state index in [4.69, 9.17) is 4.74 Å². The number of hydrogen-bond acceptors (Lipinski definition) is 5. The zero-order valence-electron chi connectivity index (χ0n) is 18.2. The van der Waals surface area contributed by atoms with E-state index in [1.54, 1.807) is 54.6 Å². The first kappa shape index (κ1) is 23.5. The summed E-state index contributed by atoms with van der Waals surface area (Å²) in [6, 6.07) is 15.5. The third-order valence-electron chi connectivity index (χ3n) is 5.94. The van der Waals surface area contributed by atoms with Crippen LogP contribution in [0.3, 0.4) is 0 Å². The molecule has 7 nitrogen and oxygen atoms in total. The van der Waals surface area contributed by atoms with Crippen molar-refractivity contribution in [2.75, 3.05) is 7.11 Å². The second-order valence-corrected chi connectivity index (χ2v) is 8.08. The van der Waals surface area contributed by atoms with Crippen LogP contribution in [-0.2, 0) is 14.3 Å². The predicted molar refractivity (Wildman–Crippen MR) is 120 cm³/mol. The standard InChI is InChI=1S/C25H30N2O5/c1-32-25(31)21(18-13-7-3-8-14-18)27-24(30)22(28)20(17-11-5-2-6-12-17)26-23(29)19-15-9-4-10-16-19/h2,4-6,9-12,15-16,18,20-22,28H,3,7-8,13-14H2,1H3,(H,26,29)(H,27,30)/t20-,21+,22+/m0/s1. The van der Waals surface area contributed by atoms with Crippen molar-refractivity contribution in [1.29, 1.82) is 0 Å². The predicted octanol–water partition coefficient (Wildman–Crippen LogP) is 2.76. The molecule has 3 N–H and O–H groups in total. The van der Waals surface area contributed by atoms with Crippen LogP contribution in [0, 0.1) is 5.92 Å². The number of aliphatic hydroxyl groups is 1. The van der Waals surface area contributed by atoms with Gasteiger partial charge in [-0.1, -0.05) is 67.8 Å². The summed E-state index contributed by atoms with van der Waals surface area (Å²) in [5.41, 5.74) is 0.988. The zero-order chi connectivity index (χ0) is 22.9. The van der Waals surface area contributed by atoms with Gasteiger partial charge in [0, 0.05) is 5.56 Å². The van der Waals surface area contributed by atoms with E-state index >= 15 is 0 Å². The lowest BCUT2D eigenvalue weighted by molar-refractivity contribution is -0.148. The number of esters is 1. The number of benzene rings is 2. The Kier molecular flexibility index (Phi) is 8.39. The third-order valence-corrected chi connectivity index (χ3v) is 5.94. The van der Waals surface area contributed by atoms with E-state index in [0.29, 0.717) is 11.1 Å². The third kappa shape index (κ3) is 5.95. The van der Waals surface area contributed by atoms with E-state index in [1.165, 1.54) is 7.11 Å². The molecule has 32 heavy (non-hydrogen) atoms. The summed E-state index contributed by atoms with van der Waals surface area (Å²) in [6.45, 7) is 0. The molecule has 0 heterocycles. The van der Waals surface area contributed by atoms with Crippen molar-refractivity contribution in [1.82, 2.24) is 10.6 Å². The average Bonchev–Trinajstić information content (AvgIpc) is 2.86. The van der Waals surface area contributed by atoms with Gasteiger partial charge in [-0.15, -0.1) is 0 Å². The van der Waals surface area contributed by atoms with Gasteiger partial charge in [-0.2, -0.15) is 0 Å². The molecular formula is C25H30N2O5. The summed E-state index contributed by atoms with van der Waals surface area (Å²) in [5.74, 6) is -1.71. The van der Waals surface area contributed by atoms with Gasteiger partial charge in [0.1, 0.15) is 6.04 Å². The van der Waals surface area contributed by atoms with Crippen molar-refractivity contribution in [2.45, 2.75) is 50.3 Å². The van der Waals surface area contributed by atoms with E-state index in [2.05, 4.69) is 10.6 Å². The molecule has 0 bridgehead atoms. The highest BCUT2D eigenvalue weighted by Crippen LogP contribution is 2.27. The first-order valence-corrected chi connectivity index (χ1v) is 11.0. The molecule has 1 fully saturated rings. The largest absolute Gasteiger partial charge is 0.467 e. The minimum absolute atomic E-state index is 0.0403. The topological polar surface area (TPSA) is 105 Å². The van der Waals surface area contributed by atoms with E-state index < -0.39 is 36.0 Å². The second kappa shape index (κ2) is 11.4. The summed E-state index contributed by atoms with van der Waals surface area (Å²) >= 11 is 0. The van der Waals surface area contributed by atoms with E-state index in [-0.39, 0.29) is 5.92 Å². The van der Waals surface area contributed by atoms with Crippen LogP contribution in [0.4, 0.5) is 0 Å². The highest BCUT2D eigenvalue weighted by molar-refractivity contribution is 5.95. The highest BCUT2D eigenvalue weighted by Gasteiger charge is 2.36. The molecule has 0 radical (unpaired) electrons. The summed E-state index contributed by atoms with van der Waals surface area (Å²) in [7, 11) is 1.29. The van der Waals surface area contributed by atoms with Crippen LogP contribution < -0.4 is 10.6 Å². The highest BCUT2D eigenvalue weighted by atomic mass is 16.5. The Morgan fingerprint density at radius 1 is 0.906 bits per heavy atom. The molecule has 2 aromatic carbocycles. The molecule has 2 aromatic rings. The van der Waals surface area contributed by atoms with Gasteiger partial charge >= 0.3 is 5.97 Å². The van der Waals surface area contributed by atoms with Crippen LogP contribution in [0.15, 0.2) is 60.7 Å². The van der Waals surface area contributed by atoms with Crippen LogP contribution in [0.5, 0.6) is 0 Å². The van der Waals surface area contributed by atoms with Gasteiger partial charge < -0.3 is 20.5 Å². The molecule has 7 heteroatoms. The first-order valence-electron chi connectivity index (χ1n) is 11.0. The fourth-order valence-corrected chi connectivity index (χ4v) is 4.17. The molecule has 3 rings (SSSR count). The maximum Gasteiger partial charge on any atom is 0.328 e. The number of carbonyl (C=O) groups is 3. The van der Waals surface area contributed by atoms with Gasteiger partial charge in [0.15, 0.2) is 6.10 Å². The van der Waals surface area contributed by atoms with Crippen molar-refractivity contribution >= 4 is 17.8 Å². The molecule has 0 spiro atoms. The van der Waals surface area contributed by atoms with Crippen molar-refractivity contribution < 1.29 is 24.2 Å². The lowest BCUT2D eigenvalue weighted by Crippen LogP contribution is -2.53. The Bertz CT molecular complexity index is 897. The zero-order valence-corrected chi connectivity index (χ0v) is 18.2. The molecule has 0 unspecified atom stereocenters. The second-order valence-electron chi connectivity index (χ2n) is 8.08. The summed E-state index contributed by atoms with van der Waals surface area (Å²) in [5, 5.41) is 16.4. The number of amides is 2. The number of methoxy groups -OCH3 is 1. The van der Waals surface area contributed by atoms with Crippen LogP contribution >= 0.6 is 0 Å².